The van der Waals surface area contributed by atoms with Crippen LogP contribution in [0, 0.1) is 11.3 Å². The molecule has 0 aliphatic carbocycles. The predicted octanol–water partition coefficient (Wildman–Crippen LogP) is 2.26. The van der Waals surface area contributed by atoms with E-state index in [9.17, 15) is 10.1 Å². The van der Waals surface area contributed by atoms with Crippen LogP contribution in [0.25, 0.3) is 0 Å². The third-order valence-electron chi connectivity index (χ3n) is 3.25. The molecule has 2 N–H and O–H groups in total. The van der Waals surface area contributed by atoms with Gasteiger partial charge in [0.15, 0.2) is 6.29 Å². The molecule has 24 heavy (non-hydrogen) atoms. The average Bonchev–Trinajstić information content (AvgIpc) is 2.59. The molecule has 0 saturated carbocycles. The Morgan fingerprint density at radius 1 is 1.25 bits per heavy atom. The summed E-state index contributed by atoms with van der Waals surface area (Å²) in [6.07, 6.45) is 0.973. The minimum Gasteiger partial charge on any atom is -0.385 e. The van der Waals surface area contributed by atoms with E-state index in [1.54, 1.807) is 0 Å². The standard InChI is InChI=1S/C18H25N3O3/c1-4-23-17(24-5-2)13-20-12-16(11-19)18(22)21-14(3)15-9-7-6-8-10-15/h6-10,12,14,17,20H,4-5,13H2,1-3H3,(H,21,22)/b16-12-. The molecule has 1 atom stereocenters. The zero-order valence-electron chi connectivity index (χ0n) is 14.4. The van der Waals surface area contributed by atoms with Crippen LogP contribution in [0.5, 0.6) is 0 Å². The van der Waals surface area contributed by atoms with Gasteiger partial charge in [0, 0.05) is 19.4 Å². The van der Waals surface area contributed by atoms with Crippen LogP contribution in [0.15, 0.2) is 42.1 Å². The quantitative estimate of drug-likeness (QED) is 0.390. The molecule has 0 aliphatic heterocycles. The van der Waals surface area contributed by atoms with Crippen molar-refractivity contribution < 1.29 is 14.3 Å². The second-order valence-electron chi connectivity index (χ2n) is 5.02. The third kappa shape index (κ3) is 6.82. The van der Waals surface area contributed by atoms with Crippen LogP contribution in [-0.4, -0.2) is 32.0 Å². The second-order valence-corrected chi connectivity index (χ2v) is 5.02. The number of nitriles is 1. The topological polar surface area (TPSA) is 83.4 Å². The molecule has 6 heteroatoms. The summed E-state index contributed by atoms with van der Waals surface area (Å²) in [7, 11) is 0. The summed E-state index contributed by atoms with van der Waals surface area (Å²) in [6, 6.07) is 11.3. The highest BCUT2D eigenvalue weighted by Gasteiger charge is 2.14. The first-order valence-corrected chi connectivity index (χ1v) is 8.05. The molecule has 0 saturated heterocycles. The van der Waals surface area contributed by atoms with Gasteiger partial charge in [0.25, 0.3) is 5.91 Å². The van der Waals surface area contributed by atoms with E-state index in [0.29, 0.717) is 19.8 Å². The van der Waals surface area contributed by atoms with E-state index < -0.39 is 12.2 Å². The van der Waals surface area contributed by atoms with Crippen molar-refractivity contribution in [2.24, 2.45) is 0 Å². The molecule has 0 spiro atoms. The van der Waals surface area contributed by atoms with Gasteiger partial charge in [-0.15, -0.1) is 0 Å². The highest BCUT2D eigenvalue weighted by molar-refractivity contribution is 5.97. The number of nitrogens with zero attached hydrogens (tertiary/aromatic N) is 1. The van der Waals surface area contributed by atoms with Crippen molar-refractivity contribution in [3.63, 3.8) is 0 Å². The van der Waals surface area contributed by atoms with Crippen LogP contribution in [0.4, 0.5) is 0 Å². The maximum Gasteiger partial charge on any atom is 0.263 e. The van der Waals surface area contributed by atoms with Crippen LogP contribution >= 0.6 is 0 Å². The summed E-state index contributed by atoms with van der Waals surface area (Å²) in [5, 5.41) is 14.9. The van der Waals surface area contributed by atoms with Gasteiger partial charge in [0.2, 0.25) is 0 Å². The molecule has 0 fully saturated rings. The number of carbonyl (C=O) groups is 1. The van der Waals surface area contributed by atoms with Crippen molar-refractivity contribution in [2.75, 3.05) is 19.8 Å². The smallest absolute Gasteiger partial charge is 0.263 e. The van der Waals surface area contributed by atoms with Gasteiger partial charge in [-0.05, 0) is 26.3 Å². The van der Waals surface area contributed by atoms with Crippen molar-refractivity contribution in [1.82, 2.24) is 10.6 Å². The zero-order chi connectivity index (χ0) is 17.8. The molecule has 6 nitrogen and oxygen atoms in total. The molecule has 1 unspecified atom stereocenters. The molecule has 1 amide bonds. The second kappa shape index (κ2) is 11.2. The largest absolute Gasteiger partial charge is 0.385 e. The lowest BCUT2D eigenvalue weighted by molar-refractivity contribution is -0.131. The number of benzene rings is 1. The molecular formula is C18H25N3O3. The van der Waals surface area contributed by atoms with Crippen LogP contribution in [0.3, 0.4) is 0 Å². The number of rotatable bonds is 10. The normalized spacial score (nSPS) is 12.5. The maximum atomic E-state index is 12.2. The number of amides is 1. The van der Waals surface area contributed by atoms with E-state index in [0.717, 1.165) is 5.56 Å². The fraction of sp³-hybridized carbons (Fsp3) is 0.444. The van der Waals surface area contributed by atoms with Crippen LogP contribution in [0.1, 0.15) is 32.4 Å². The fourth-order valence-electron chi connectivity index (χ4n) is 2.04. The zero-order valence-corrected chi connectivity index (χ0v) is 14.4. The highest BCUT2D eigenvalue weighted by atomic mass is 16.7. The summed E-state index contributed by atoms with van der Waals surface area (Å²) in [4.78, 5) is 12.2. The molecule has 0 bridgehead atoms. The Kier molecular flexibility index (Phi) is 9.20. The summed E-state index contributed by atoms with van der Waals surface area (Å²) < 4.78 is 10.8. The van der Waals surface area contributed by atoms with Gasteiger partial charge in [-0.1, -0.05) is 30.3 Å². The van der Waals surface area contributed by atoms with E-state index in [1.807, 2.05) is 57.2 Å². The monoisotopic (exact) mass is 331 g/mol. The van der Waals surface area contributed by atoms with Crippen molar-refractivity contribution in [2.45, 2.75) is 33.1 Å². The van der Waals surface area contributed by atoms with E-state index >= 15 is 0 Å². The minimum atomic E-state index is -0.425. The van der Waals surface area contributed by atoms with E-state index in [4.69, 9.17) is 9.47 Å². The van der Waals surface area contributed by atoms with Crippen LogP contribution in [-0.2, 0) is 14.3 Å². The Bertz CT molecular complexity index is 561. The molecular weight excluding hydrogens is 306 g/mol. The molecule has 1 rings (SSSR count). The Morgan fingerprint density at radius 3 is 2.42 bits per heavy atom. The molecule has 0 heterocycles. The molecule has 1 aromatic rings. The number of carbonyl (C=O) groups excluding carboxylic acids is 1. The third-order valence-corrected chi connectivity index (χ3v) is 3.25. The number of ether oxygens (including phenoxy) is 2. The summed E-state index contributed by atoms with van der Waals surface area (Å²) in [5.74, 6) is -0.425. The Balaban J connectivity index is 2.58. The van der Waals surface area contributed by atoms with Crippen molar-refractivity contribution in [1.29, 1.82) is 5.26 Å². The SMILES string of the molecule is CCOC(CN/C=C(/C#N)C(=O)NC(C)c1ccccc1)OCC. The lowest BCUT2D eigenvalue weighted by Gasteiger charge is -2.17. The molecule has 0 aliphatic rings. The van der Waals surface area contributed by atoms with E-state index in [2.05, 4.69) is 10.6 Å². The van der Waals surface area contributed by atoms with Crippen molar-refractivity contribution in [3.05, 3.63) is 47.7 Å². The molecule has 130 valence electrons. The first kappa shape index (κ1) is 19.7. The van der Waals surface area contributed by atoms with Gasteiger partial charge in [-0.2, -0.15) is 5.26 Å². The van der Waals surface area contributed by atoms with Crippen LogP contribution in [0.2, 0.25) is 0 Å². The summed E-state index contributed by atoms with van der Waals surface area (Å²) >= 11 is 0. The Hall–Kier alpha value is -2.36. The van der Waals surface area contributed by atoms with Gasteiger partial charge in [0.05, 0.1) is 12.6 Å². The average molecular weight is 331 g/mol. The molecule has 1 aromatic carbocycles. The van der Waals surface area contributed by atoms with Crippen molar-refractivity contribution >= 4 is 5.91 Å². The maximum absolute atomic E-state index is 12.2. The number of hydrogen-bond donors (Lipinski definition) is 2. The lowest BCUT2D eigenvalue weighted by Crippen LogP contribution is -2.31. The Morgan fingerprint density at radius 2 is 1.88 bits per heavy atom. The first-order valence-electron chi connectivity index (χ1n) is 8.05. The summed E-state index contributed by atoms with van der Waals surface area (Å²) in [5.41, 5.74) is 0.980. The fourth-order valence-corrected chi connectivity index (χ4v) is 2.04. The van der Waals surface area contributed by atoms with E-state index in [-0.39, 0.29) is 11.6 Å². The highest BCUT2D eigenvalue weighted by Crippen LogP contribution is 2.11. The molecule has 0 radical (unpaired) electrons. The van der Waals surface area contributed by atoms with E-state index in [1.165, 1.54) is 6.20 Å². The van der Waals surface area contributed by atoms with Crippen molar-refractivity contribution in [3.8, 4) is 6.07 Å². The summed E-state index contributed by atoms with van der Waals surface area (Å²) in [6.45, 7) is 7.03. The first-order chi connectivity index (χ1) is 11.6. The number of hydrogen-bond acceptors (Lipinski definition) is 5. The lowest BCUT2D eigenvalue weighted by atomic mass is 10.1. The van der Waals surface area contributed by atoms with Gasteiger partial charge >= 0.3 is 0 Å². The van der Waals surface area contributed by atoms with Gasteiger partial charge in [0.1, 0.15) is 11.6 Å². The van der Waals surface area contributed by atoms with Gasteiger partial charge in [-0.25, -0.2) is 0 Å². The van der Waals surface area contributed by atoms with Crippen LogP contribution < -0.4 is 10.6 Å². The Labute approximate surface area is 143 Å². The minimum absolute atomic E-state index is 0.00419. The van der Waals surface area contributed by atoms with Gasteiger partial charge < -0.3 is 20.1 Å². The van der Waals surface area contributed by atoms with Gasteiger partial charge in [-0.3, -0.25) is 4.79 Å². The number of nitrogens with one attached hydrogen (secondary N) is 2. The molecule has 0 aromatic heterocycles. The predicted molar refractivity (Wildman–Crippen MR) is 91.7 cm³/mol.